The van der Waals surface area contributed by atoms with Gasteiger partial charge in [0.05, 0.1) is 40.0 Å². The van der Waals surface area contributed by atoms with E-state index in [1.54, 1.807) is 37.3 Å². The van der Waals surface area contributed by atoms with E-state index in [1.807, 2.05) is 54.6 Å². The third-order valence-corrected chi connectivity index (χ3v) is 9.38. The number of aromatic nitrogens is 1. The lowest BCUT2D eigenvalue weighted by atomic mass is 9.93. The Labute approximate surface area is 287 Å². The fraction of sp³-hybridized carbons (Fsp3) is 0.139. The van der Waals surface area contributed by atoms with Crippen LogP contribution in [-0.4, -0.2) is 24.3 Å². The number of rotatable bonds is 9. The van der Waals surface area contributed by atoms with Crippen LogP contribution in [-0.2, 0) is 16.1 Å². The zero-order chi connectivity index (χ0) is 33.1. The zero-order valence-corrected chi connectivity index (χ0v) is 28.4. The number of esters is 1. The van der Waals surface area contributed by atoms with Crippen LogP contribution in [0.15, 0.2) is 111 Å². The van der Waals surface area contributed by atoms with Gasteiger partial charge >= 0.3 is 5.97 Å². The first-order valence-electron chi connectivity index (χ1n) is 14.6. The molecule has 0 saturated heterocycles. The molecule has 4 aromatic carbocycles. The van der Waals surface area contributed by atoms with Crippen LogP contribution in [0.25, 0.3) is 11.8 Å². The van der Waals surface area contributed by atoms with Crippen molar-refractivity contribution in [2.75, 3.05) is 13.7 Å². The highest BCUT2D eigenvalue weighted by molar-refractivity contribution is 9.10. The highest BCUT2D eigenvalue weighted by atomic mass is 79.9. The molecule has 1 aliphatic heterocycles. The number of ether oxygens (including phenoxy) is 3. The van der Waals surface area contributed by atoms with E-state index in [4.69, 9.17) is 30.8 Å². The van der Waals surface area contributed by atoms with Crippen molar-refractivity contribution in [3.8, 4) is 11.5 Å². The summed E-state index contributed by atoms with van der Waals surface area (Å²) < 4.78 is 33.7. The van der Waals surface area contributed by atoms with Crippen molar-refractivity contribution in [1.29, 1.82) is 0 Å². The molecular formula is C36H27BrClFN2O5S. The molecule has 7 nitrogen and oxygen atoms in total. The van der Waals surface area contributed by atoms with Gasteiger partial charge in [0.2, 0.25) is 0 Å². The molecule has 11 heteroatoms. The van der Waals surface area contributed by atoms with Gasteiger partial charge in [0.15, 0.2) is 16.3 Å². The van der Waals surface area contributed by atoms with E-state index in [1.165, 1.54) is 35.1 Å². The Balaban J connectivity index is 1.49. The predicted octanol–water partition coefficient (Wildman–Crippen LogP) is 7.08. The summed E-state index contributed by atoms with van der Waals surface area (Å²) in [6.07, 6.45) is 1.73. The molecule has 2 heterocycles. The Morgan fingerprint density at radius 2 is 1.79 bits per heavy atom. The van der Waals surface area contributed by atoms with E-state index < -0.39 is 17.8 Å². The molecule has 0 aliphatic carbocycles. The second kappa shape index (κ2) is 14.1. The molecule has 47 heavy (non-hydrogen) atoms. The second-order valence-corrected chi connectivity index (χ2v) is 12.7. The van der Waals surface area contributed by atoms with E-state index in [9.17, 15) is 14.0 Å². The number of benzene rings is 4. The van der Waals surface area contributed by atoms with Gasteiger partial charge in [-0.2, -0.15) is 0 Å². The van der Waals surface area contributed by atoms with Gasteiger partial charge < -0.3 is 14.2 Å². The summed E-state index contributed by atoms with van der Waals surface area (Å²) in [5.41, 5.74) is 2.91. The average Bonchev–Trinajstić information content (AvgIpc) is 3.38. The van der Waals surface area contributed by atoms with Gasteiger partial charge in [0.25, 0.3) is 5.56 Å². The number of carbonyl (C=O) groups is 1. The molecule has 5 aromatic rings. The molecule has 0 fully saturated rings. The number of fused-ring (bicyclic) bond motifs is 1. The van der Waals surface area contributed by atoms with Crippen molar-refractivity contribution in [1.82, 2.24) is 4.57 Å². The highest BCUT2D eigenvalue weighted by Crippen LogP contribution is 2.38. The van der Waals surface area contributed by atoms with Crippen LogP contribution < -0.4 is 24.4 Å². The van der Waals surface area contributed by atoms with Crippen LogP contribution in [0.1, 0.15) is 35.2 Å². The Bertz CT molecular complexity index is 2180. The van der Waals surface area contributed by atoms with Crippen molar-refractivity contribution in [3.05, 3.63) is 154 Å². The minimum Gasteiger partial charge on any atom is -0.493 e. The topological polar surface area (TPSA) is 79.1 Å². The van der Waals surface area contributed by atoms with E-state index in [2.05, 4.69) is 15.9 Å². The minimum absolute atomic E-state index is 0.125. The van der Waals surface area contributed by atoms with Crippen molar-refractivity contribution in [3.63, 3.8) is 0 Å². The standard InChI is InChI=1S/C36H27BrClFN2O5S/c1-3-45-35(43)30-31(22-9-5-4-6-10-22)40-36-41(32(30)23-13-15-25(39)16-14-23)34(42)29(47-36)19-21-17-26(37)33(28(18-21)44-2)46-20-24-11-7-8-12-27(24)38/h4-19,32H,3,20H2,1-2H3/t32-/m1/s1. The quantitative estimate of drug-likeness (QED) is 0.152. The monoisotopic (exact) mass is 732 g/mol. The predicted molar refractivity (Wildman–Crippen MR) is 184 cm³/mol. The van der Waals surface area contributed by atoms with Crippen molar-refractivity contribution in [2.24, 2.45) is 4.99 Å². The SMILES string of the molecule is CCOC(=O)C1=C(c2ccccc2)N=c2sc(=Cc3cc(Br)c(OCc4ccccc4Cl)c(OC)c3)c(=O)n2[C@@H]1c1ccc(F)cc1. The fourth-order valence-corrected chi connectivity index (χ4v) is 7.05. The summed E-state index contributed by atoms with van der Waals surface area (Å²) in [7, 11) is 1.53. The molecule has 0 unspecified atom stereocenters. The molecule has 0 spiro atoms. The molecule has 1 atom stereocenters. The Hall–Kier alpha value is -4.51. The van der Waals surface area contributed by atoms with Gasteiger partial charge in [0.1, 0.15) is 12.4 Å². The maximum absolute atomic E-state index is 14.2. The van der Waals surface area contributed by atoms with Crippen LogP contribution >= 0.6 is 38.9 Å². The normalized spacial score (nSPS) is 14.4. The average molecular weight is 734 g/mol. The van der Waals surface area contributed by atoms with Gasteiger partial charge in [-0.25, -0.2) is 14.2 Å². The van der Waals surface area contributed by atoms with Crippen LogP contribution in [0, 0.1) is 5.82 Å². The molecule has 1 aromatic heterocycles. The molecule has 0 N–H and O–H groups in total. The Morgan fingerprint density at radius 1 is 1.06 bits per heavy atom. The molecule has 0 bridgehead atoms. The van der Waals surface area contributed by atoms with Gasteiger partial charge in [-0.15, -0.1) is 0 Å². The zero-order valence-electron chi connectivity index (χ0n) is 25.2. The van der Waals surface area contributed by atoms with Gasteiger partial charge in [0, 0.05) is 16.1 Å². The van der Waals surface area contributed by atoms with Crippen LogP contribution in [0.3, 0.4) is 0 Å². The van der Waals surface area contributed by atoms with E-state index in [0.717, 1.165) is 5.56 Å². The van der Waals surface area contributed by atoms with Crippen molar-refractivity contribution in [2.45, 2.75) is 19.6 Å². The second-order valence-electron chi connectivity index (χ2n) is 10.4. The fourth-order valence-electron chi connectivity index (χ4n) is 5.28. The van der Waals surface area contributed by atoms with Crippen molar-refractivity contribution < 1.29 is 23.4 Å². The van der Waals surface area contributed by atoms with Crippen LogP contribution in [0.2, 0.25) is 5.02 Å². The number of hydrogen-bond donors (Lipinski definition) is 0. The van der Waals surface area contributed by atoms with E-state index >= 15 is 0 Å². The van der Waals surface area contributed by atoms with Gasteiger partial charge in [-0.05, 0) is 70.4 Å². The first-order valence-corrected chi connectivity index (χ1v) is 16.6. The summed E-state index contributed by atoms with van der Waals surface area (Å²) in [4.78, 5) is 33.0. The molecule has 1 aliphatic rings. The molecular weight excluding hydrogens is 707 g/mol. The summed E-state index contributed by atoms with van der Waals surface area (Å²) >= 11 is 11.1. The summed E-state index contributed by atoms with van der Waals surface area (Å²) in [6, 6.07) is 25.0. The van der Waals surface area contributed by atoms with Gasteiger partial charge in [-0.1, -0.05) is 83.6 Å². The van der Waals surface area contributed by atoms with Crippen LogP contribution in [0.5, 0.6) is 11.5 Å². The maximum atomic E-state index is 14.2. The first-order chi connectivity index (χ1) is 22.8. The van der Waals surface area contributed by atoms with Crippen LogP contribution in [0.4, 0.5) is 4.39 Å². The minimum atomic E-state index is -0.912. The van der Waals surface area contributed by atoms with Gasteiger partial charge in [-0.3, -0.25) is 9.36 Å². The Kier molecular flexibility index (Phi) is 9.72. The number of thiazole rings is 1. The smallest absolute Gasteiger partial charge is 0.338 e. The Morgan fingerprint density at radius 3 is 2.49 bits per heavy atom. The number of hydrogen-bond acceptors (Lipinski definition) is 7. The number of carbonyl (C=O) groups excluding carboxylic acids is 1. The first kappa shape index (κ1) is 32.4. The summed E-state index contributed by atoms with van der Waals surface area (Å²) in [5, 5.41) is 0.593. The number of methoxy groups -OCH3 is 1. The number of halogens is 3. The maximum Gasteiger partial charge on any atom is 0.338 e. The molecule has 238 valence electrons. The highest BCUT2D eigenvalue weighted by Gasteiger charge is 2.35. The van der Waals surface area contributed by atoms with Crippen molar-refractivity contribution >= 4 is 56.6 Å². The molecule has 6 rings (SSSR count). The largest absolute Gasteiger partial charge is 0.493 e. The molecule has 0 radical (unpaired) electrons. The van der Waals surface area contributed by atoms with E-state index in [-0.39, 0.29) is 24.3 Å². The lowest BCUT2D eigenvalue weighted by Gasteiger charge is -2.25. The lowest BCUT2D eigenvalue weighted by molar-refractivity contribution is -0.138. The third kappa shape index (κ3) is 6.67. The third-order valence-electron chi connectivity index (χ3n) is 7.44. The van der Waals surface area contributed by atoms with E-state index in [0.29, 0.717) is 52.7 Å². The molecule has 0 saturated carbocycles. The summed E-state index contributed by atoms with van der Waals surface area (Å²) in [6.45, 7) is 2.06. The molecule has 0 amide bonds. The lowest BCUT2D eigenvalue weighted by Crippen LogP contribution is -2.40. The number of nitrogens with zero attached hydrogens (tertiary/aromatic N) is 2. The summed E-state index contributed by atoms with van der Waals surface area (Å²) in [5.74, 6) is -0.121.